The molecule has 3 aliphatic heterocycles. The van der Waals surface area contributed by atoms with Gasteiger partial charge in [-0.15, -0.1) is 0 Å². The summed E-state index contributed by atoms with van der Waals surface area (Å²) >= 11 is 0. The molecule has 0 unspecified atom stereocenters. The number of ether oxygens (including phenoxy) is 1. The summed E-state index contributed by atoms with van der Waals surface area (Å²) in [4.78, 5) is 31.4. The van der Waals surface area contributed by atoms with Crippen molar-refractivity contribution in [3.05, 3.63) is 59.2 Å². The topological polar surface area (TPSA) is 73.3 Å². The van der Waals surface area contributed by atoms with E-state index in [4.69, 9.17) is 4.74 Å². The van der Waals surface area contributed by atoms with Crippen molar-refractivity contribution in [1.29, 1.82) is 0 Å². The predicted octanol–water partition coefficient (Wildman–Crippen LogP) is 6.72. The summed E-state index contributed by atoms with van der Waals surface area (Å²) in [5.74, 6) is -1.60. The zero-order valence-corrected chi connectivity index (χ0v) is 27.1. The van der Waals surface area contributed by atoms with E-state index in [1.807, 2.05) is 17.0 Å². The molecule has 1 amide bonds. The zero-order valence-electron chi connectivity index (χ0n) is 27.1. The van der Waals surface area contributed by atoms with Crippen LogP contribution >= 0.6 is 0 Å². The first-order chi connectivity index (χ1) is 22.4. The van der Waals surface area contributed by atoms with Crippen LogP contribution in [0.2, 0.25) is 0 Å². The van der Waals surface area contributed by atoms with E-state index in [1.165, 1.54) is 6.07 Å². The minimum atomic E-state index is -4.54. The summed E-state index contributed by atoms with van der Waals surface area (Å²) in [5, 5.41) is 9.44. The smallest absolute Gasteiger partial charge is 0.416 e. The Morgan fingerprint density at radius 3 is 2.21 bits per heavy atom. The number of carbonyl (C=O) groups is 2. The van der Waals surface area contributed by atoms with Gasteiger partial charge in [-0.1, -0.05) is 25.1 Å². The number of methoxy groups -OCH3 is 1. The fraction of sp³-hybridized carbons (Fsp3) is 0.611. The Balaban J connectivity index is 1.25. The van der Waals surface area contributed by atoms with Gasteiger partial charge in [0.05, 0.1) is 18.6 Å². The van der Waals surface area contributed by atoms with Crippen LogP contribution < -0.4 is 9.64 Å². The van der Waals surface area contributed by atoms with E-state index in [0.29, 0.717) is 68.4 Å². The number of carboxylic acid groups (broad SMARTS) is 1. The van der Waals surface area contributed by atoms with Crippen LogP contribution in [-0.2, 0) is 15.8 Å². The monoisotopic (exact) mass is 659 g/mol. The number of halogens is 4. The van der Waals surface area contributed by atoms with E-state index >= 15 is 4.39 Å². The maximum atomic E-state index is 17.5. The van der Waals surface area contributed by atoms with E-state index in [9.17, 15) is 27.9 Å². The molecule has 11 heteroatoms. The second-order valence-corrected chi connectivity index (χ2v) is 14.1. The lowest BCUT2D eigenvalue weighted by molar-refractivity contribution is -0.143. The molecule has 0 radical (unpaired) electrons. The van der Waals surface area contributed by atoms with E-state index in [-0.39, 0.29) is 25.0 Å². The summed E-state index contributed by atoms with van der Waals surface area (Å²) in [5.41, 5.74) is -1.05. The first-order valence-corrected chi connectivity index (χ1v) is 16.9. The molecule has 1 aliphatic carbocycles. The maximum Gasteiger partial charge on any atom is 0.416 e. The first-order valence-electron chi connectivity index (χ1n) is 16.9. The van der Waals surface area contributed by atoms with Crippen LogP contribution in [0.15, 0.2) is 42.5 Å². The Hall–Kier alpha value is -3.34. The van der Waals surface area contributed by atoms with Crippen LogP contribution in [-0.4, -0.2) is 84.9 Å². The quantitative estimate of drug-likeness (QED) is 0.333. The summed E-state index contributed by atoms with van der Waals surface area (Å²) in [6.45, 7) is 3.89. The fourth-order valence-corrected chi connectivity index (χ4v) is 8.33. The second kappa shape index (κ2) is 13.3. The second-order valence-electron chi connectivity index (χ2n) is 14.1. The number of alkyl halides is 4. The molecule has 6 rings (SSSR count). The van der Waals surface area contributed by atoms with Gasteiger partial charge in [-0.2, -0.15) is 13.2 Å². The number of aliphatic carboxylic acids is 1. The van der Waals surface area contributed by atoms with E-state index in [1.54, 1.807) is 24.1 Å². The van der Waals surface area contributed by atoms with Gasteiger partial charge in [-0.25, -0.2) is 4.39 Å². The molecule has 2 aromatic rings. The number of likely N-dealkylation sites (tertiary alicyclic amines) is 2. The van der Waals surface area contributed by atoms with Crippen molar-refractivity contribution in [2.24, 2.45) is 11.8 Å². The van der Waals surface area contributed by atoms with Gasteiger partial charge in [0.1, 0.15) is 5.75 Å². The lowest BCUT2D eigenvalue weighted by Crippen LogP contribution is -2.50. The Kier molecular flexibility index (Phi) is 9.48. The van der Waals surface area contributed by atoms with Gasteiger partial charge in [0, 0.05) is 62.8 Å². The number of carbonyl (C=O) groups excluding carboxylic acids is 1. The molecular weight excluding hydrogens is 614 g/mol. The molecule has 4 aliphatic rings. The van der Waals surface area contributed by atoms with Crippen molar-refractivity contribution in [3.63, 3.8) is 0 Å². The zero-order chi connectivity index (χ0) is 33.5. The highest BCUT2D eigenvalue weighted by molar-refractivity contribution is 5.88. The highest BCUT2D eigenvalue weighted by atomic mass is 19.4. The van der Waals surface area contributed by atoms with Crippen LogP contribution in [0, 0.1) is 11.8 Å². The van der Waals surface area contributed by atoms with Crippen molar-refractivity contribution in [2.75, 3.05) is 51.3 Å². The summed E-state index contributed by atoms with van der Waals surface area (Å²) < 4.78 is 64.2. The Morgan fingerprint density at radius 2 is 1.60 bits per heavy atom. The number of carboxylic acids is 1. The number of hydrogen-bond acceptors (Lipinski definition) is 5. The molecule has 2 aromatic carbocycles. The first kappa shape index (κ1) is 33.6. The average Bonchev–Trinajstić information content (AvgIpc) is 3.70. The average molecular weight is 660 g/mol. The Labute approximate surface area is 273 Å². The molecule has 1 N–H and O–H groups in total. The predicted molar refractivity (Wildman–Crippen MR) is 171 cm³/mol. The summed E-state index contributed by atoms with van der Waals surface area (Å²) in [6.07, 6.45) is 0.772. The van der Waals surface area contributed by atoms with Crippen molar-refractivity contribution in [1.82, 2.24) is 9.80 Å². The number of benzene rings is 2. The van der Waals surface area contributed by atoms with Crippen molar-refractivity contribution in [3.8, 4) is 5.75 Å². The molecule has 0 spiro atoms. The summed E-state index contributed by atoms with van der Waals surface area (Å²) in [6, 6.07) is 11.2. The van der Waals surface area contributed by atoms with Gasteiger partial charge in [0.25, 0.3) is 5.91 Å². The molecule has 7 nitrogen and oxygen atoms in total. The van der Waals surface area contributed by atoms with Gasteiger partial charge in [0.15, 0.2) is 0 Å². The SMILES string of the molecule is COc1ccc([C@@H]2CN([C@H]3CC[C@H](C)CC3)C[C@@]2(F)C(=O)N2CC[C@@H](c3ccc(C(F)(F)F)cc3N3CCC(C(=O)O)CC3)C2)cc1. The molecule has 256 valence electrons. The largest absolute Gasteiger partial charge is 0.497 e. The third kappa shape index (κ3) is 6.82. The van der Waals surface area contributed by atoms with Crippen LogP contribution in [0.5, 0.6) is 5.75 Å². The molecule has 3 heterocycles. The molecule has 0 bridgehead atoms. The molecular formula is C36H45F4N3O4. The lowest BCUT2D eigenvalue weighted by Gasteiger charge is -2.35. The molecule has 1 saturated carbocycles. The van der Waals surface area contributed by atoms with Crippen molar-refractivity contribution >= 4 is 17.6 Å². The summed E-state index contributed by atoms with van der Waals surface area (Å²) in [7, 11) is 1.57. The third-order valence-corrected chi connectivity index (χ3v) is 11.2. The van der Waals surface area contributed by atoms with E-state index in [2.05, 4.69) is 11.8 Å². The van der Waals surface area contributed by atoms with Crippen molar-refractivity contribution in [2.45, 2.75) is 81.6 Å². The number of hydrogen-bond donors (Lipinski definition) is 1. The molecule has 0 aromatic heterocycles. The Bertz CT molecular complexity index is 1440. The van der Waals surface area contributed by atoms with E-state index < -0.39 is 41.1 Å². The number of anilines is 1. The molecule has 47 heavy (non-hydrogen) atoms. The number of nitrogens with zero attached hydrogens (tertiary/aromatic N) is 3. The fourth-order valence-electron chi connectivity index (χ4n) is 8.33. The van der Waals surface area contributed by atoms with Crippen LogP contribution in [0.3, 0.4) is 0 Å². The van der Waals surface area contributed by atoms with E-state index in [0.717, 1.165) is 43.4 Å². The van der Waals surface area contributed by atoms with Crippen LogP contribution in [0.1, 0.15) is 80.4 Å². The lowest BCUT2D eigenvalue weighted by atomic mass is 9.85. The number of piperidine rings is 1. The highest BCUT2D eigenvalue weighted by Gasteiger charge is 2.57. The van der Waals surface area contributed by atoms with Crippen LogP contribution in [0.4, 0.5) is 23.2 Å². The van der Waals surface area contributed by atoms with Gasteiger partial charge in [-0.05, 0) is 86.3 Å². The van der Waals surface area contributed by atoms with Gasteiger partial charge >= 0.3 is 12.1 Å². The molecule has 3 saturated heterocycles. The third-order valence-electron chi connectivity index (χ3n) is 11.2. The molecule has 4 fully saturated rings. The van der Waals surface area contributed by atoms with Gasteiger partial charge in [0.2, 0.25) is 5.67 Å². The van der Waals surface area contributed by atoms with Crippen LogP contribution in [0.25, 0.3) is 0 Å². The number of rotatable bonds is 7. The number of amides is 1. The standard InChI is InChI=1S/C36H45F4N3O4/c1-23-3-8-28(9-4-23)43-21-31(24-5-10-29(47-2)11-6-24)35(37,22-43)34(46)42-18-15-26(20-42)30-12-7-27(36(38,39)40)19-32(30)41-16-13-25(14-17-41)33(44)45/h5-7,10-12,19,23,25-26,28,31H,3-4,8-9,13-18,20-22H2,1-2H3,(H,44,45)/t23-,26-,28-,31+,35+/m1/s1. The minimum Gasteiger partial charge on any atom is -0.497 e. The van der Waals surface area contributed by atoms with Gasteiger partial charge < -0.3 is 19.6 Å². The van der Waals surface area contributed by atoms with Crippen molar-refractivity contribution < 1.29 is 37.0 Å². The molecule has 3 atom stereocenters. The normalized spacial score (nSPS) is 29.3. The highest BCUT2D eigenvalue weighted by Crippen LogP contribution is 2.46. The minimum absolute atomic E-state index is 0.0206. The van der Waals surface area contributed by atoms with Gasteiger partial charge in [-0.3, -0.25) is 14.5 Å². The maximum absolute atomic E-state index is 17.5. The Morgan fingerprint density at radius 1 is 0.915 bits per heavy atom.